The highest BCUT2D eigenvalue weighted by Crippen LogP contribution is 2.28. The van der Waals surface area contributed by atoms with Gasteiger partial charge in [-0.05, 0) is 41.1 Å². The maximum Gasteiger partial charge on any atom is 0.321 e. The van der Waals surface area contributed by atoms with E-state index in [0.29, 0.717) is 8.95 Å². The Morgan fingerprint density at radius 2 is 1.94 bits per heavy atom. The van der Waals surface area contributed by atoms with E-state index in [1.807, 2.05) is 0 Å². The summed E-state index contributed by atoms with van der Waals surface area (Å²) in [4.78, 5) is 10.9. The normalized spacial score (nSPS) is 13.6. The third-order valence-electron chi connectivity index (χ3n) is 2.45. The zero-order valence-electron chi connectivity index (χ0n) is 9.59. The van der Waals surface area contributed by atoms with Gasteiger partial charge in [0, 0.05) is 16.0 Å². The molecule has 1 atom stereocenters. The summed E-state index contributed by atoms with van der Waals surface area (Å²) in [7, 11) is -2.62. The standard InChI is InChI=1S/C10H11Br2NO4S/c1-6(10(14)15)13(2)18(16,17)9-5-7(11)3-4-8(9)12/h3-6H,1-2H3,(H,14,15). The second-order valence-corrected chi connectivity index (χ2v) is 7.35. The van der Waals surface area contributed by atoms with Gasteiger partial charge in [0.25, 0.3) is 0 Å². The number of carboxylic acids is 1. The molecule has 1 rings (SSSR count). The van der Waals surface area contributed by atoms with E-state index in [2.05, 4.69) is 31.9 Å². The molecule has 18 heavy (non-hydrogen) atoms. The summed E-state index contributed by atoms with van der Waals surface area (Å²) in [6.45, 7) is 1.31. The van der Waals surface area contributed by atoms with Crippen molar-refractivity contribution in [1.29, 1.82) is 0 Å². The number of benzene rings is 1. The third-order valence-corrected chi connectivity index (χ3v) is 5.87. The zero-order chi connectivity index (χ0) is 14.1. The van der Waals surface area contributed by atoms with Gasteiger partial charge in [-0.2, -0.15) is 4.31 Å². The van der Waals surface area contributed by atoms with Gasteiger partial charge in [0.2, 0.25) is 10.0 Å². The Kier molecular flexibility index (Phi) is 4.93. The Hall–Kier alpha value is -0.440. The summed E-state index contributed by atoms with van der Waals surface area (Å²) in [6, 6.07) is 3.55. The number of sulfonamides is 1. The number of rotatable bonds is 4. The maximum absolute atomic E-state index is 12.3. The Bertz CT molecular complexity index is 573. The van der Waals surface area contributed by atoms with Crippen LogP contribution < -0.4 is 0 Å². The number of hydrogen-bond donors (Lipinski definition) is 1. The fraction of sp³-hybridized carbons (Fsp3) is 0.300. The minimum absolute atomic E-state index is 0.0208. The van der Waals surface area contributed by atoms with E-state index in [1.165, 1.54) is 20.0 Å². The molecule has 0 radical (unpaired) electrons. The predicted molar refractivity (Wildman–Crippen MR) is 73.9 cm³/mol. The van der Waals surface area contributed by atoms with Crippen LogP contribution in [0.3, 0.4) is 0 Å². The quantitative estimate of drug-likeness (QED) is 0.841. The average molecular weight is 401 g/mol. The molecule has 100 valence electrons. The molecule has 1 aromatic carbocycles. The van der Waals surface area contributed by atoms with Gasteiger partial charge in [0.05, 0.1) is 4.90 Å². The molecule has 0 aliphatic carbocycles. The van der Waals surface area contributed by atoms with Crippen LogP contribution in [0.4, 0.5) is 0 Å². The number of nitrogens with zero attached hydrogens (tertiary/aromatic N) is 1. The summed E-state index contributed by atoms with van der Waals surface area (Å²) in [5.41, 5.74) is 0. The van der Waals surface area contributed by atoms with Crippen LogP contribution in [-0.2, 0) is 14.8 Å². The average Bonchev–Trinajstić information content (AvgIpc) is 2.29. The van der Waals surface area contributed by atoms with E-state index in [0.717, 1.165) is 4.31 Å². The van der Waals surface area contributed by atoms with Crippen LogP contribution in [0, 0.1) is 0 Å². The van der Waals surface area contributed by atoms with Gasteiger partial charge in [-0.25, -0.2) is 8.42 Å². The summed E-state index contributed by atoms with van der Waals surface area (Å²) in [5, 5.41) is 8.86. The number of halogens is 2. The van der Waals surface area contributed by atoms with Crippen LogP contribution in [0.1, 0.15) is 6.92 Å². The Labute approximate surface area is 122 Å². The summed E-state index contributed by atoms with van der Waals surface area (Å²) in [5.74, 6) is -1.20. The van der Waals surface area contributed by atoms with E-state index in [-0.39, 0.29) is 4.90 Å². The molecular weight excluding hydrogens is 390 g/mol. The first-order valence-electron chi connectivity index (χ1n) is 4.84. The lowest BCUT2D eigenvalue weighted by Gasteiger charge is -2.21. The predicted octanol–water partition coefficient (Wildman–Crippen LogP) is 2.31. The number of aliphatic carboxylic acids is 1. The van der Waals surface area contributed by atoms with Crippen LogP contribution in [0.5, 0.6) is 0 Å². The fourth-order valence-corrected chi connectivity index (χ4v) is 3.97. The lowest BCUT2D eigenvalue weighted by Crippen LogP contribution is -2.40. The largest absolute Gasteiger partial charge is 0.480 e. The van der Waals surface area contributed by atoms with Crippen LogP contribution in [-0.4, -0.2) is 36.9 Å². The molecule has 1 aromatic rings. The van der Waals surface area contributed by atoms with Crippen molar-refractivity contribution in [1.82, 2.24) is 4.31 Å². The highest BCUT2D eigenvalue weighted by molar-refractivity contribution is 9.11. The van der Waals surface area contributed by atoms with Crippen molar-refractivity contribution in [3.8, 4) is 0 Å². The summed E-state index contributed by atoms with van der Waals surface area (Å²) >= 11 is 6.33. The summed E-state index contributed by atoms with van der Waals surface area (Å²) in [6.07, 6.45) is 0. The molecule has 0 saturated carbocycles. The minimum Gasteiger partial charge on any atom is -0.480 e. The molecule has 1 unspecified atom stereocenters. The monoisotopic (exact) mass is 399 g/mol. The molecule has 0 bridgehead atoms. The van der Waals surface area contributed by atoms with Gasteiger partial charge in [0.15, 0.2) is 0 Å². The molecule has 0 fully saturated rings. The lowest BCUT2D eigenvalue weighted by atomic mass is 10.4. The van der Waals surface area contributed by atoms with Crippen molar-refractivity contribution in [2.75, 3.05) is 7.05 Å². The van der Waals surface area contributed by atoms with Crippen LogP contribution in [0.25, 0.3) is 0 Å². The molecule has 0 aromatic heterocycles. The van der Waals surface area contributed by atoms with Crippen molar-refractivity contribution >= 4 is 47.9 Å². The second-order valence-electron chi connectivity index (χ2n) is 3.61. The maximum atomic E-state index is 12.3. The molecule has 0 saturated heterocycles. The number of likely N-dealkylation sites (N-methyl/N-ethyl adjacent to an activating group) is 1. The van der Waals surface area contributed by atoms with E-state index in [1.54, 1.807) is 12.1 Å². The first-order valence-corrected chi connectivity index (χ1v) is 7.86. The van der Waals surface area contributed by atoms with Gasteiger partial charge >= 0.3 is 5.97 Å². The molecule has 0 aliphatic heterocycles. The molecule has 0 amide bonds. The molecule has 5 nitrogen and oxygen atoms in total. The van der Waals surface area contributed by atoms with Crippen molar-refractivity contribution in [2.24, 2.45) is 0 Å². The minimum atomic E-state index is -3.86. The first kappa shape index (κ1) is 15.6. The van der Waals surface area contributed by atoms with E-state index >= 15 is 0 Å². The highest BCUT2D eigenvalue weighted by Gasteiger charge is 2.30. The second kappa shape index (κ2) is 5.68. The highest BCUT2D eigenvalue weighted by atomic mass is 79.9. The van der Waals surface area contributed by atoms with Crippen molar-refractivity contribution in [3.63, 3.8) is 0 Å². The third kappa shape index (κ3) is 3.11. The van der Waals surface area contributed by atoms with Crippen molar-refractivity contribution in [2.45, 2.75) is 17.9 Å². The zero-order valence-corrected chi connectivity index (χ0v) is 13.6. The number of hydrogen-bond acceptors (Lipinski definition) is 3. The van der Waals surface area contributed by atoms with E-state index in [9.17, 15) is 13.2 Å². The topological polar surface area (TPSA) is 74.7 Å². The van der Waals surface area contributed by atoms with Crippen LogP contribution in [0.2, 0.25) is 0 Å². The molecular formula is C10H11Br2NO4S. The summed E-state index contributed by atoms with van der Waals surface area (Å²) < 4.78 is 26.3. The van der Waals surface area contributed by atoms with Gasteiger partial charge in [0.1, 0.15) is 6.04 Å². The van der Waals surface area contributed by atoms with E-state index in [4.69, 9.17) is 5.11 Å². The SMILES string of the molecule is CC(C(=O)O)N(C)S(=O)(=O)c1cc(Br)ccc1Br. The molecule has 0 spiro atoms. The van der Waals surface area contributed by atoms with Gasteiger partial charge in [-0.1, -0.05) is 15.9 Å². The van der Waals surface area contributed by atoms with Crippen LogP contribution in [0.15, 0.2) is 32.0 Å². The molecule has 0 aliphatic rings. The van der Waals surface area contributed by atoms with Gasteiger partial charge in [-0.15, -0.1) is 0 Å². The van der Waals surface area contributed by atoms with E-state index < -0.39 is 22.0 Å². The molecule has 1 N–H and O–H groups in total. The van der Waals surface area contributed by atoms with Crippen molar-refractivity contribution < 1.29 is 18.3 Å². The lowest BCUT2D eigenvalue weighted by molar-refractivity contribution is -0.140. The van der Waals surface area contributed by atoms with Gasteiger partial charge in [-0.3, -0.25) is 4.79 Å². The number of carboxylic acid groups (broad SMARTS) is 1. The molecule has 8 heteroatoms. The first-order chi connectivity index (χ1) is 8.17. The smallest absolute Gasteiger partial charge is 0.321 e. The van der Waals surface area contributed by atoms with Crippen LogP contribution >= 0.6 is 31.9 Å². The number of carbonyl (C=O) groups is 1. The Morgan fingerprint density at radius 1 is 1.39 bits per heavy atom. The molecule has 0 heterocycles. The van der Waals surface area contributed by atoms with Crippen molar-refractivity contribution in [3.05, 3.63) is 27.1 Å². The Morgan fingerprint density at radius 3 is 2.44 bits per heavy atom. The Balaban J connectivity index is 3.29. The fourth-order valence-electron chi connectivity index (χ4n) is 1.19. The van der Waals surface area contributed by atoms with Gasteiger partial charge < -0.3 is 5.11 Å².